The van der Waals surface area contributed by atoms with Gasteiger partial charge in [-0.1, -0.05) is 38.1 Å². The Kier molecular flexibility index (Phi) is 11.4. The lowest BCUT2D eigenvalue weighted by molar-refractivity contribution is -0.0817. The lowest BCUT2D eigenvalue weighted by Gasteiger charge is -2.37. The van der Waals surface area contributed by atoms with Gasteiger partial charge in [0.1, 0.15) is 6.10 Å². The van der Waals surface area contributed by atoms with E-state index in [9.17, 15) is 0 Å². The highest BCUT2D eigenvalue weighted by molar-refractivity contribution is 14.0. The molecule has 1 aromatic rings. The standard InChI is InChI=1S/C23H38N4O2.HI/c1-4-24-23(27-13-15-29-22(18-27)21-8-7-14-28-21)25-16-19-9-11-20(12-10-19)17-26(5-2)6-3;/h9-12,21-22H,4-8,13-18H2,1-3H3,(H,24,25);1H. The smallest absolute Gasteiger partial charge is 0.194 e. The van der Waals surface area contributed by atoms with E-state index in [0.29, 0.717) is 6.54 Å². The molecule has 1 aromatic carbocycles. The third-order valence-corrected chi connectivity index (χ3v) is 5.84. The maximum absolute atomic E-state index is 5.99. The highest BCUT2D eigenvalue weighted by atomic mass is 127. The van der Waals surface area contributed by atoms with Gasteiger partial charge >= 0.3 is 0 Å². The second kappa shape index (κ2) is 13.5. The van der Waals surface area contributed by atoms with Crippen molar-refractivity contribution in [1.29, 1.82) is 0 Å². The van der Waals surface area contributed by atoms with Crippen LogP contribution in [0.3, 0.4) is 0 Å². The first-order valence-corrected chi connectivity index (χ1v) is 11.3. The maximum Gasteiger partial charge on any atom is 0.194 e. The molecule has 0 amide bonds. The second-order valence-corrected chi connectivity index (χ2v) is 7.85. The van der Waals surface area contributed by atoms with Gasteiger partial charge in [0.25, 0.3) is 0 Å². The molecular weight excluding hydrogens is 491 g/mol. The SMILES string of the molecule is CCNC(=NCc1ccc(CN(CC)CC)cc1)N1CCOC(C2CCCO2)C1.I. The van der Waals surface area contributed by atoms with Gasteiger partial charge in [-0.3, -0.25) is 4.90 Å². The van der Waals surface area contributed by atoms with Crippen molar-refractivity contribution in [2.24, 2.45) is 4.99 Å². The number of aliphatic imine (C=N–C) groups is 1. The van der Waals surface area contributed by atoms with E-state index in [1.54, 1.807) is 0 Å². The van der Waals surface area contributed by atoms with Crippen LogP contribution in [0.2, 0.25) is 0 Å². The highest BCUT2D eigenvalue weighted by Crippen LogP contribution is 2.21. The van der Waals surface area contributed by atoms with Crippen LogP contribution < -0.4 is 5.32 Å². The van der Waals surface area contributed by atoms with E-state index in [2.05, 4.69) is 60.2 Å². The Morgan fingerprint density at radius 1 is 1.07 bits per heavy atom. The van der Waals surface area contributed by atoms with Crippen molar-refractivity contribution in [3.05, 3.63) is 35.4 Å². The minimum Gasteiger partial charge on any atom is -0.375 e. The summed E-state index contributed by atoms with van der Waals surface area (Å²) >= 11 is 0. The number of halogens is 1. The summed E-state index contributed by atoms with van der Waals surface area (Å²) in [6, 6.07) is 8.89. The molecule has 2 aliphatic heterocycles. The molecule has 0 saturated carbocycles. The monoisotopic (exact) mass is 530 g/mol. The van der Waals surface area contributed by atoms with Gasteiger partial charge in [0.15, 0.2) is 5.96 Å². The van der Waals surface area contributed by atoms with Gasteiger partial charge in [0.2, 0.25) is 0 Å². The average molecular weight is 530 g/mol. The quantitative estimate of drug-likeness (QED) is 0.317. The number of guanidine groups is 1. The maximum atomic E-state index is 5.99. The van der Waals surface area contributed by atoms with Crippen LogP contribution in [-0.4, -0.2) is 73.9 Å². The molecule has 30 heavy (non-hydrogen) atoms. The van der Waals surface area contributed by atoms with Crippen LogP contribution >= 0.6 is 24.0 Å². The van der Waals surface area contributed by atoms with Crippen LogP contribution in [0, 0.1) is 0 Å². The summed E-state index contributed by atoms with van der Waals surface area (Å²) in [7, 11) is 0. The number of morpholine rings is 1. The molecule has 0 spiro atoms. The van der Waals surface area contributed by atoms with Crippen molar-refractivity contribution in [1.82, 2.24) is 15.1 Å². The van der Waals surface area contributed by atoms with E-state index < -0.39 is 0 Å². The van der Waals surface area contributed by atoms with Crippen LogP contribution in [0.15, 0.2) is 29.3 Å². The van der Waals surface area contributed by atoms with E-state index in [4.69, 9.17) is 14.5 Å². The Labute approximate surface area is 199 Å². The minimum atomic E-state index is 0. The first-order valence-electron chi connectivity index (χ1n) is 11.3. The predicted octanol–water partition coefficient (Wildman–Crippen LogP) is 3.49. The van der Waals surface area contributed by atoms with Crippen molar-refractivity contribution in [3.63, 3.8) is 0 Å². The second-order valence-electron chi connectivity index (χ2n) is 7.85. The molecule has 1 N–H and O–H groups in total. The van der Waals surface area contributed by atoms with Crippen molar-refractivity contribution in [2.75, 3.05) is 45.9 Å². The van der Waals surface area contributed by atoms with E-state index >= 15 is 0 Å². The van der Waals surface area contributed by atoms with E-state index in [1.165, 1.54) is 11.1 Å². The lowest BCUT2D eigenvalue weighted by atomic mass is 10.1. The Balaban J connectivity index is 0.00000320. The van der Waals surface area contributed by atoms with Crippen LogP contribution in [0.1, 0.15) is 44.7 Å². The topological polar surface area (TPSA) is 49.3 Å². The van der Waals surface area contributed by atoms with Crippen LogP contribution in [0.4, 0.5) is 0 Å². The minimum absolute atomic E-state index is 0. The van der Waals surface area contributed by atoms with Crippen molar-refractivity contribution < 1.29 is 9.47 Å². The molecule has 2 saturated heterocycles. The van der Waals surface area contributed by atoms with Crippen molar-refractivity contribution >= 4 is 29.9 Å². The molecule has 2 aliphatic rings. The lowest BCUT2D eigenvalue weighted by Crippen LogP contribution is -2.53. The summed E-state index contributed by atoms with van der Waals surface area (Å²) in [5.41, 5.74) is 2.61. The van der Waals surface area contributed by atoms with Gasteiger partial charge in [0, 0.05) is 32.8 Å². The summed E-state index contributed by atoms with van der Waals surface area (Å²) in [6.07, 6.45) is 2.63. The number of nitrogens with one attached hydrogen (secondary N) is 1. The van der Waals surface area contributed by atoms with Crippen LogP contribution in [0.25, 0.3) is 0 Å². The average Bonchev–Trinajstić information content (AvgIpc) is 3.31. The van der Waals surface area contributed by atoms with Gasteiger partial charge in [0.05, 0.1) is 19.3 Å². The molecule has 2 unspecified atom stereocenters. The Morgan fingerprint density at radius 3 is 2.40 bits per heavy atom. The first kappa shape index (κ1) is 25.4. The normalized spacial score (nSPS) is 22.3. The molecule has 7 heteroatoms. The summed E-state index contributed by atoms with van der Waals surface area (Å²) in [5, 5.41) is 3.46. The third kappa shape index (κ3) is 7.35. The number of hydrogen-bond donors (Lipinski definition) is 1. The highest BCUT2D eigenvalue weighted by Gasteiger charge is 2.32. The Hall–Kier alpha value is -0.900. The van der Waals surface area contributed by atoms with Gasteiger partial charge in [-0.15, -0.1) is 24.0 Å². The zero-order valence-electron chi connectivity index (χ0n) is 18.8. The molecule has 0 bridgehead atoms. The molecule has 2 fully saturated rings. The summed E-state index contributed by atoms with van der Waals surface area (Å²) in [6.45, 7) is 14.6. The van der Waals surface area contributed by atoms with Gasteiger partial charge in [-0.25, -0.2) is 4.99 Å². The van der Waals surface area contributed by atoms with Gasteiger partial charge in [-0.2, -0.15) is 0 Å². The first-order chi connectivity index (χ1) is 14.2. The molecule has 3 rings (SSSR count). The molecule has 0 aromatic heterocycles. The predicted molar refractivity (Wildman–Crippen MR) is 134 cm³/mol. The van der Waals surface area contributed by atoms with E-state index in [1.807, 2.05) is 0 Å². The van der Waals surface area contributed by atoms with Crippen LogP contribution in [-0.2, 0) is 22.6 Å². The molecule has 2 heterocycles. The molecule has 0 radical (unpaired) electrons. The van der Waals surface area contributed by atoms with Crippen LogP contribution in [0.5, 0.6) is 0 Å². The van der Waals surface area contributed by atoms with E-state index in [-0.39, 0.29) is 36.2 Å². The largest absolute Gasteiger partial charge is 0.375 e. The number of benzene rings is 1. The number of ether oxygens (including phenoxy) is 2. The summed E-state index contributed by atoms with van der Waals surface area (Å²) in [4.78, 5) is 9.67. The summed E-state index contributed by atoms with van der Waals surface area (Å²) in [5.74, 6) is 0.978. The molecule has 6 nitrogen and oxygen atoms in total. The Bertz CT molecular complexity index is 631. The van der Waals surface area contributed by atoms with Gasteiger partial charge < -0.3 is 19.7 Å². The number of rotatable bonds is 8. The number of nitrogens with zero attached hydrogens (tertiary/aromatic N) is 3. The molecular formula is C23H39IN4O2. The van der Waals surface area contributed by atoms with Crippen molar-refractivity contribution in [3.8, 4) is 0 Å². The fourth-order valence-corrected chi connectivity index (χ4v) is 4.04. The zero-order valence-corrected chi connectivity index (χ0v) is 21.1. The third-order valence-electron chi connectivity index (χ3n) is 5.84. The van der Waals surface area contributed by atoms with Crippen molar-refractivity contribution in [2.45, 2.75) is 58.9 Å². The summed E-state index contributed by atoms with van der Waals surface area (Å²) < 4.78 is 11.8. The molecule has 0 aliphatic carbocycles. The number of hydrogen-bond acceptors (Lipinski definition) is 4. The molecule has 2 atom stereocenters. The van der Waals surface area contributed by atoms with E-state index in [0.717, 1.165) is 71.3 Å². The Morgan fingerprint density at radius 2 is 1.77 bits per heavy atom. The molecule has 170 valence electrons. The zero-order chi connectivity index (χ0) is 20.5. The fraction of sp³-hybridized carbons (Fsp3) is 0.696. The van der Waals surface area contributed by atoms with Gasteiger partial charge in [-0.05, 0) is 44.0 Å². The fourth-order valence-electron chi connectivity index (χ4n) is 4.04.